The van der Waals surface area contributed by atoms with Crippen molar-refractivity contribution in [3.05, 3.63) is 53.3 Å². The SMILES string of the molecule is COc1ccc(C)cc1NC(=O)c1ccnc(C(=O)NCCN2CCOCC2)c1. The first-order valence-corrected chi connectivity index (χ1v) is 9.57. The number of aromatic nitrogens is 1. The predicted molar refractivity (Wildman–Crippen MR) is 110 cm³/mol. The van der Waals surface area contributed by atoms with Crippen LogP contribution in [0.3, 0.4) is 0 Å². The summed E-state index contributed by atoms with van der Waals surface area (Å²) in [5, 5.41) is 5.68. The van der Waals surface area contributed by atoms with Gasteiger partial charge in [0.25, 0.3) is 11.8 Å². The molecule has 1 aromatic carbocycles. The van der Waals surface area contributed by atoms with Crippen molar-refractivity contribution in [1.82, 2.24) is 15.2 Å². The highest BCUT2D eigenvalue weighted by atomic mass is 16.5. The lowest BCUT2D eigenvalue weighted by atomic mass is 10.1. The molecule has 8 nitrogen and oxygen atoms in total. The summed E-state index contributed by atoms with van der Waals surface area (Å²) in [7, 11) is 1.55. The number of nitrogens with zero attached hydrogens (tertiary/aromatic N) is 2. The molecule has 1 fully saturated rings. The number of benzene rings is 1. The first kappa shape index (κ1) is 20.8. The van der Waals surface area contributed by atoms with Crippen LogP contribution in [0.15, 0.2) is 36.5 Å². The van der Waals surface area contributed by atoms with Crippen LogP contribution in [0.5, 0.6) is 5.75 Å². The molecule has 29 heavy (non-hydrogen) atoms. The predicted octanol–water partition coefficient (Wildman–Crippen LogP) is 1.71. The van der Waals surface area contributed by atoms with Gasteiger partial charge in [0.1, 0.15) is 11.4 Å². The molecule has 154 valence electrons. The maximum absolute atomic E-state index is 12.6. The Hall–Kier alpha value is -2.97. The van der Waals surface area contributed by atoms with E-state index in [9.17, 15) is 9.59 Å². The summed E-state index contributed by atoms with van der Waals surface area (Å²) in [5.41, 5.74) is 2.12. The van der Waals surface area contributed by atoms with Gasteiger partial charge in [0.2, 0.25) is 0 Å². The normalized spacial score (nSPS) is 14.3. The van der Waals surface area contributed by atoms with Crippen molar-refractivity contribution in [3.63, 3.8) is 0 Å². The van der Waals surface area contributed by atoms with Gasteiger partial charge in [-0.15, -0.1) is 0 Å². The summed E-state index contributed by atoms with van der Waals surface area (Å²) in [6, 6.07) is 8.59. The average molecular weight is 398 g/mol. The molecule has 0 bridgehead atoms. The van der Waals surface area contributed by atoms with Crippen LogP contribution in [0.1, 0.15) is 26.4 Å². The highest BCUT2D eigenvalue weighted by Crippen LogP contribution is 2.25. The largest absolute Gasteiger partial charge is 0.495 e. The molecule has 2 aromatic rings. The highest BCUT2D eigenvalue weighted by molar-refractivity contribution is 6.06. The van der Waals surface area contributed by atoms with E-state index in [-0.39, 0.29) is 17.5 Å². The third-order valence-corrected chi connectivity index (χ3v) is 4.68. The van der Waals surface area contributed by atoms with E-state index in [1.807, 2.05) is 19.1 Å². The maximum Gasteiger partial charge on any atom is 0.269 e. The Morgan fingerprint density at radius 2 is 1.97 bits per heavy atom. The van der Waals surface area contributed by atoms with E-state index < -0.39 is 0 Å². The van der Waals surface area contributed by atoms with Crippen molar-refractivity contribution in [2.45, 2.75) is 6.92 Å². The molecule has 0 saturated carbocycles. The molecular weight excluding hydrogens is 372 g/mol. The van der Waals surface area contributed by atoms with Crippen molar-refractivity contribution in [2.75, 3.05) is 51.8 Å². The molecule has 1 aliphatic heterocycles. The summed E-state index contributed by atoms with van der Waals surface area (Å²) in [4.78, 5) is 31.4. The summed E-state index contributed by atoms with van der Waals surface area (Å²) >= 11 is 0. The molecule has 1 saturated heterocycles. The lowest BCUT2D eigenvalue weighted by Crippen LogP contribution is -2.41. The first-order chi connectivity index (χ1) is 14.1. The molecule has 1 aliphatic rings. The number of methoxy groups -OCH3 is 1. The first-order valence-electron chi connectivity index (χ1n) is 9.57. The number of morpholine rings is 1. The Labute approximate surface area is 170 Å². The molecule has 3 rings (SSSR count). The monoisotopic (exact) mass is 398 g/mol. The van der Waals surface area contributed by atoms with Gasteiger partial charge in [0.15, 0.2) is 0 Å². The Kier molecular flexibility index (Phi) is 7.15. The second-order valence-electron chi connectivity index (χ2n) is 6.80. The minimum atomic E-state index is -0.335. The number of amides is 2. The number of hydrogen-bond donors (Lipinski definition) is 2. The number of carbonyl (C=O) groups is 2. The van der Waals surface area contributed by atoms with Gasteiger partial charge >= 0.3 is 0 Å². The lowest BCUT2D eigenvalue weighted by molar-refractivity contribution is 0.0383. The number of rotatable bonds is 7. The Balaban J connectivity index is 1.60. The molecule has 0 aliphatic carbocycles. The molecule has 2 amide bonds. The number of ether oxygens (including phenoxy) is 2. The van der Waals surface area contributed by atoms with E-state index >= 15 is 0 Å². The van der Waals surface area contributed by atoms with Gasteiger partial charge in [-0.25, -0.2) is 0 Å². The van der Waals surface area contributed by atoms with Crippen LogP contribution >= 0.6 is 0 Å². The van der Waals surface area contributed by atoms with Gasteiger partial charge in [0.05, 0.1) is 26.0 Å². The van der Waals surface area contributed by atoms with Gasteiger partial charge in [-0.1, -0.05) is 6.07 Å². The Bertz CT molecular complexity index is 866. The van der Waals surface area contributed by atoms with Crippen LogP contribution in [0.2, 0.25) is 0 Å². The summed E-state index contributed by atoms with van der Waals surface area (Å²) in [6.07, 6.45) is 1.46. The van der Waals surface area contributed by atoms with Crippen LogP contribution < -0.4 is 15.4 Å². The number of nitrogens with one attached hydrogen (secondary N) is 2. The van der Waals surface area contributed by atoms with E-state index in [4.69, 9.17) is 9.47 Å². The third kappa shape index (κ3) is 5.75. The molecule has 8 heteroatoms. The van der Waals surface area contributed by atoms with Gasteiger partial charge < -0.3 is 20.1 Å². The molecule has 2 N–H and O–H groups in total. The standard InChI is InChI=1S/C21H26N4O4/c1-15-3-4-19(28-2)17(13-15)24-20(26)16-5-6-22-18(14-16)21(27)23-7-8-25-9-11-29-12-10-25/h3-6,13-14H,7-12H2,1-2H3,(H,23,27)(H,24,26). The van der Waals surface area contributed by atoms with Crippen molar-refractivity contribution >= 4 is 17.5 Å². The quantitative estimate of drug-likeness (QED) is 0.738. The van der Waals surface area contributed by atoms with E-state index in [0.29, 0.717) is 23.5 Å². The van der Waals surface area contributed by atoms with Crippen molar-refractivity contribution in [2.24, 2.45) is 0 Å². The maximum atomic E-state index is 12.6. The van der Waals surface area contributed by atoms with E-state index in [2.05, 4.69) is 20.5 Å². The molecule has 1 aromatic heterocycles. The second-order valence-corrected chi connectivity index (χ2v) is 6.80. The fourth-order valence-corrected chi connectivity index (χ4v) is 3.05. The molecule has 0 spiro atoms. The second kappa shape index (κ2) is 9.99. The van der Waals surface area contributed by atoms with E-state index in [1.54, 1.807) is 19.2 Å². The number of hydrogen-bond acceptors (Lipinski definition) is 6. The summed E-state index contributed by atoms with van der Waals surface area (Å²) in [5.74, 6) is -0.0706. The summed E-state index contributed by atoms with van der Waals surface area (Å²) < 4.78 is 10.6. The Morgan fingerprint density at radius 3 is 2.72 bits per heavy atom. The van der Waals surface area contributed by atoms with Crippen LogP contribution in [0.25, 0.3) is 0 Å². The fraction of sp³-hybridized carbons (Fsp3) is 0.381. The number of anilines is 1. The lowest BCUT2D eigenvalue weighted by Gasteiger charge is -2.26. The third-order valence-electron chi connectivity index (χ3n) is 4.68. The van der Waals surface area contributed by atoms with Crippen LogP contribution in [-0.2, 0) is 4.74 Å². The minimum absolute atomic E-state index is 0.204. The van der Waals surface area contributed by atoms with Crippen molar-refractivity contribution in [1.29, 1.82) is 0 Å². The zero-order valence-corrected chi connectivity index (χ0v) is 16.7. The summed E-state index contributed by atoms with van der Waals surface area (Å²) in [6.45, 7) is 6.37. The molecular formula is C21H26N4O4. The zero-order chi connectivity index (χ0) is 20.6. The Morgan fingerprint density at radius 1 is 1.17 bits per heavy atom. The van der Waals surface area contributed by atoms with Gasteiger partial charge in [0, 0.05) is 37.9 Å². The number of pyridine rings is 1. The van der Waals surface area contributed by atoms with Crippen LogP contribution in [0, 0.1) is 6.92 Å². The number of aryl methyl sites for hydroxylation is 1. The fourth-order valence-electron chi connectivity index (χ4n) is 3.05. The van der Waals surface area contributed by atoms with Gasteiger partial charge in [-0.2, -0.15) is 0 Å². The molecule has 2 heterocycles. The highest BCUT2D eigenvalue weighted by Gasteiger charge is 2.15. The minimum Gasteiger partial charge on any atom is -0.495 e. The molecule has 0 atom stereocenters. The molecule has 0 radical (unpaired) electrons. The number of carbonyl (C=O) groups excluding carboxylic acids is 2. The van der Waals surface area contributed by atoms with E-state index in [1.165, 1.54) is 12.3 Å². The topological polar surface area (TPSA) is 92.8 Å². The van der Waals surface area contributed by atoms with Crippen molar-refractivity contribution < 1.29 is 19.1 Å². The molecule has 0 unspecified atom stereocenters. The van der Waals surface area contributed by atoms with Gasteiger partial charge in [-0.05, 0) is 36.8 Å². The zero-order valence-electron chi connectivity index (χ0n) is 16.7. The van der Waals surface area contributed by atoms with Gasteiger partial charge in [-0.3, -0.25) is 19.5 Å². The van der Waals surface area contributed by atoms with E-state index in [0.717, 1.165) is 38.4 Å². The van der Waals surface area contributed by atoms with Crippen molar-refractivity contribution in [3.8, 4) is 5.75 Å². The van der Waals surface area contributed by atoms with Crippen LogP contribution in [-0.4, -0.2) is 68.2 Å². The average Bonchev–Trinajstić information content (AvgIpc) is 2.74. The van der Waals surface area contributed by atoms with Crippen LogP contribution in [0.4, 0.5) is 5.69 Å². The smallest absolute Gasteiger partial charge is 0.269 e.